The zero-order valence-corrected chi connectivity index (χ0v) is 17.6. The van der Waals surface area contributed by atoms with E-state index in [1.165, 1.54) is 18.2 Å². The van der Waals surface area contributed by atoms with Crippen molar-refractivity contribution < 1.29 is 9.53 Å². The molecule has 6 heteroatoms. The molecule has 0 atom stereocenters. The largest absolute Gasteiger partial charge is 0.497 e. The van der Waals surface area contributed by atoms with Crippen LogP contribution >= 0.6 is 11.8 Å². The zero-order valence-electron chi connectivity index (χ0n) is 16.8. The van der Waals surface area contributed by atoms with E-state index in [0.29, 0.717) is 0 Å². The second kappa shape index (κ2) is 8.82. The van der Waals surface area contributed by atoms with Gasteiger partial charge in [0.1, 0.15) is 5.75 Å². The molecule has 2 heterocycles. The van der Waals surface area contributed by atoms with Crippen LogP contribution in [0.1, 0.15) is 44.6 Å². The normalized spacial score (nSPS) is 21.0. The van der Waals surface area contributed by atoms with E-state index in [-0.39, 0.29) is 11.9 Å². The van der Waals surface area contributed by atoms with Gasteiger partial charge in [0.25, 0.3) is 5.91 Å². The predicted molar refractivity (Wildman–Crippen MR) is 118 cm³/mol. The Labute approximate surface area is 175 Å². The molecule has 1 saturated heterocycles. The number of thioether (sulfide) groups is 1. The minimum atomic E-state index is 0.0675. The molecule has 1 aromatic heterocycles. The molecule has 29 heavy (non-hydrogen) atoms. The van der Waals surface area contributed by atoms with Crippen LogP contribution in [0.2, 0.25) is 0 Å². The number of pyridine rings is 1. The number of ether oxygens (including phenoxy) is 1. The average molecular weight is 408 g/mol. The van der Waals surface area contributed by atoms with Crippen LogP contribution in [-0.4, -0.2) is 34.1 Å². The highest BCUT2D eigenvalue weighted by atomic mass is 32.2. The Morgan fingerprint density at radius 2 is 1.93 bits per heavy atom. The van der Waals surface area contributed by atoms with Crippen LogP contribution in [0.4, 0.5) is 5.69 Å². The number of amidine groups is 1. The van der Waals surface area contributed by atoms with E-state index in [9.17, 15) is 4.79 Å². The van der Waals surface area contributed by atoms with Gasteiger partial charge in [0, 0.05) is 12.2 Å². The number of nitrogens with zero attached hydrogens (tertiary/aromatic N) is 3. The van der Waals surface area contributed by atoms with E-state index in [1.807, 2.05) is 48.2 Å². The highest BCUT2D eigenvalue weighted by Crippen LogP contribution is 2.41. The van der Waals surface area contributed by atoms with E-state index < -0.39 is 0 Å². The van der Waals surface area contributed by atoms with Gasteiger partial charge in [-0.05, 0) is 66.9 Å². The number of carbonyl (C=O) groups is 1. The molecule has 1 aliphatic heterocycles. The van der Waals surface area contributed by atoms with Crippen LogP contribution in [0.3, 0.4) is 0 Å². The Bertz CT molecular complexity index is 932. The van der Waals surface area contributed by atoms with Crippen molar-refractivity contribution >= 4 is 34.1 Å². The fraction of sp³-hybridized carbons (Fsp3) is 0.348. The molecule has 2 aliphatic rings. The lowest BCUT2D eigenvalue weighted by Crippen LogP contribution is -2.40. The van der Waals surface area contributed by atoms with Gasteiger partial charge in [0.2, 0.25) is 0 Å². The topological polar surface area (TPSA) is 54.8 Å². The van der Waals surface area contributed by atoms with E-state index in [2.05, 4.69) is 4.98 Å². The van der Waals surface area contributed by atoms with Gasteiger partial charge in [-0.25, -0.2) is 4.99 Å². The molecule has 0 radical (unpaired) electrons. The van der Waals surface area contributed by atoms with Crippen molar-refractivity contribution in [2.24, 2.45) is 4.99 Å². The second-order valence-electron chi connectivity index (χ2n) is 7.36. The Hall–Kier alpha value is -2.60. The van der Waals surface area contributed by atoms with E-state index in [1.54, 1.807) is 19.5 Å². The molecule has 4 rings (SSSR count). The Morgan fingerprint density at radius 1 is 1.17 bits per heavy atom. The van der Waals surface area contributed by atoms with Crippen LogP contribution in [0.5, 0.6) is 5.75 Å². The molecule has 1 aliphatic carbocycles. The predicted octanol–water partition coefficient (Wildman–Crippen LogP) is 5.42. The van der Waals surface area contributed by atoms with E-state index >= 15 is 0 Å². The highest BCUT2D eigenvalue weighted by molar-refractivity contribution is 8.18. The minimum Gasteiger partial charge on any atom is -0.497 e. The number of allylic oxidation sites excluding steroid dienone is 1. The summed E-state index contributed by atoms with van der Waals surface area (Å²) in [5, 5.41) is 0.762. The third-order valence-corrected chi connectivity index (χ3v) is 6.64. The van der Waals surface area contributed by atoms with Crippen molar-refractivity contribution in [2.75, 3.05) is 7.11 Å². The number of rotatable bonds is 4. The molecular weight excluding hydrogens is 382 g/mol. The zero-order chi connectivity index (χ0) is 20.2. The van der Waals surface area contributed by atoms with Gasteiger partial charge in [-0.3, -0.25) is 14.7 Å². The summed E-state index contributed by atoms with van der Waals surface area (Å²) in [6, 6.07) is 11.8. The summed E-state index contributed by atoms with van der Waals surface area (Å²) < 4.78 is 5.25. The summed E-state index contributed by atoms with van der Waals surface area (Å²) in [7, 11) is 1.65. The summed E-state index contributed by atoms with van der Waals surface area (Å²) in [6.07, 6.45) is 9.10. The summed E-state index contributed by atoms with van der Waals surface area (Å²) in [6.45, 7) is 2.01. The molecule has 2 aromatic rings. The Balaban J connectivity index is 1.72. The lowest BCUT2D eigenvalue weighted by Gasteiger charge is -2.30. The van der Waals surface area contributed by atoms with Crippen molar-refractivity contribution in [1.82, 2.24) is 9.88 Å². The van der Waals surface area contributed by atoms with Gasteiger partial charge in [0.05, 0.1) is 23.9 Å². The van der Waals surface area contributed by atoms with Gasteiger partial charge in [-0.2, -0.15) is 0 Å². The van der Waals surface area contributed by atoms with Crippen molar-refractivity contribution in [3.8, 4) is 5.75 Å². The standard InChI is InChI=1S/C23H25N3O2S/c1-16(17-10-12-20(28-2)13-11-17)21-22(27)26(19-8-4-3-5-9-19)23(29-21)25-18-7-6-14-24-15-18/h6-7,10-15,19H,3-5,8-9H2,1-2H3/b21-16-,25-23?. The smallest absolute Gasteiger partial charge is 0.267 e. The SMILES string of the molecule is COc1ccc(/C(C)=C2\SC(=Nc3cccnc3)N(C3CCCCC3)C2=O)cc1. The first-order valence-electron chi connectivity index (χ1n) is 10.0. The minimum absolute atomic E-state index is 0.0675. The number of amides is 1. The number of hydrogen-bond acceptors (Lipinski definition) is 5. The number of carbonyl (C=O) groups excluding carboxylic acids is 1. The number of aromatic nitrogens is 1. The molecule has 5 nitrogen and oxygen atoms in total. The molecule has 0 unspecified atom stereocenters. The molecule has 1 saturated carbocycles. The van der Waals surface area contributed by atoms with Gasteiger partial charge in [-0.15, -0.1) is 0 Å². The lowest BCUT2D eigenvalue weighted by molar-refractivity contribution is -0.124. The maximum Gasteiger partial charge on any atom is 0.267 e. The first kappa shape index (κ1) is 19.7. The van der Waals surface area contributed by atoms with Crippen LogP contribution < -0.4 is 4.74 Å². The van der Waals surface area contributed by atoms with Crippen LogP contribution in [0, 0.1) is 0 Å². The van der Waals surface area contributed by atoms with Crippen molar-refractivity contribution in [1.29, 1.82) is 0 Å². The maximum absolute atomic E-state index is 13.5. The molecular formula is C23H25N3O2S. The monoisotopic (exact) mass is 407 g/mol. The van der Waals surface area contributed by atoms with Gasteiger partial charge in [-0.1, -0.05) is 31.4 Å². The van der Waals surface area contributed by atoms with Crippen LogP contribution in [-0.2, 0) is 4.79 Å². The lowest BCUT2D eigenvalue weighted by atomic mass is 9.94. The number of methoxy groups -OCH3 is 1. The summed E-state index contributed by atoms with van der Waals surface area (Å²) in [5.74, 6) is 0.873. The molecule has 1 aromatic carbocycles. The van der Waals surface area contributed by atoms with E-state index in [0.717, 1.165) is 58.3 Å². The quantitative estimate of drug-likeness (QED) is 0.635. The van der Waals surface area contributed by atoms with Crippen LogP contribution in [0.15, 0.2) is 58.7 Å². The molecule has 0 spiro atoms. The molecule has 0 bridgehead atoms. The molecule has 2 fully saturated rings. The molecule has 1 amide bonds. The fourth-order valence-electron chi connectivity index (χ4n) is 3.86. The van der Waals surface area contributed by atoms with Crippen LogP contribution in [0.25, 0.3) is 5.57 Å². The highest BCUT2D eigenvalue weighted by Gasteiger charge is 2.39. The van der Waals surface area contributed by atoms with Crippen molar-refractivity contribution in [3.63, 3.8) is 0 Å². The number of benzene rings is 1. The fourth-order valence-corrected chi connectivity index (χ4v) is 4.98. The third kappa shape index (κ3) is 4.22. The van der Waals surface area contributed by atoms with Crippen molar-refractivity contribution in [2.45, 2.75) is 45.1 Å². The van der Waals surface area contributed by atoms with E-state index in [4.69, 9.17) is 9.73 Å². The molecule has 0 N–H and O–H groups in total. The third-order valence-electron chi connectivity index (χ3n) is 5.49. The second-order valence-corrected chi connectivity index (χ2v) is 8.33. The summed E-state index contributed by atoms with van der Waals surface area (Å²) in [4.78, 5) is 25.1. The Morgan fingerprint density at radius 3 is 2.59 bits per heavy atom. The maximum atomic E-state index is 13.5. The van der Waals surface area contributed by atoms with Gasteiger partial charge >= 0.3 is 0 Å². The molecule has 150 valence electrons. The first-order valence-corrected chi connectivity index (χ1v) is 10.8. The summed E-state index contributed by atoms with van der Waals surface area (Å²) in [5.41, 5.74) is 2.76. The number of aliphatic imine (C=N–C) groups is 1. The average Bonchev–Trinajstić information content (AvgIpc) is 3.10. The first-order chi connectivity index (χ1) is 14.2. The summed E-state index contributed by atoms with van der Waals surface area (Å²) >= 11 is 1.48. The van der Waals surface area contributed by atoms with Gasteiger partial charge in [0.15, 0.2) is 5.17 Å². The Kier molecular flexibility index (Phi) is 6.00. The number of hydrogen-bond donors (Lipinski definition) is 0. The van der Waals surface area contributed by atoms with Gasteiger partial charge < -0.3 is 4.74 Å². The van der Waals surface area contributed by atoms with Crippen molar-refractivity contribution in [3.05, 3.63) is 59.3 Å².